The van der Waals surface area contributed by atoms with E-state index in [2.05, 4.69) is 5.32 Å². The molecule has 0 bridgehead atoms. The Morgan fingerprint density at radius 1 is 0.974 bits per heavy atom. The molecular formula is C28H30Cl2FN3O4S. The molecule has 0 aromatic heterocycles. The van der Waals surface area contributed by atoms with E-state index in [0.29, 0.717) is 28.6 Å². The van der Waals surface area contributed by atoms with E-state index in [9.17, 15) is 22.4 Å². The second-order valence-corrected chi connectivity index (χ2v) is 11.7. The lowest BCUT2D eigenvalue weighted by Gasteiger charge is -2.32. The average Bonchev–Trinajstić information content (AvgIpc) is 2.90. The molecule has 0 aliphatic rings. The summed E-state index contributed by atoms with van der Waals surface area (Å²) in [6.07, 6.45) is 0.694. The van der Waals surface area contributed by atoms with Gasteiger partial charge < -0.3 is 10.2 Å². The quantitative estimate of drug-likeness (QED) is 0.314. The van der Waals surface area contributed by atoms with Crippen LogP contribution in [0, 0.1) is 12.7 Å². The lowest BCUT2D eigenvalue weighted by atomic mass is 10.1. The van der Waals surface area contributed by atoms with E-state index >= 15 is 0 Å². The first kappa shape index (κ1) is 30.4. The van der Waals surface area contributed by atoms with Crippen molar-refractivity contribution in [1.29, 1.82) is 0 Å². The maximum atomic E-state index is 13.9. The zero-order valence-corrected chi connectivity index (χ0v) is 24.2. The molecule has 39 heavy (non-hydrogen) atoms. The zero-order chi connectivity index (χ0) is 28.7. The first-order valence-electron chi connectivity index (χ1n) is 12.3. The number of halogens is 3. The van der Waals surface area contributed by atoms with Crippen LogP contribution in [0.25, 0.3) is 0 Å². The molecule has 0 heterocycles. The van der Waals surface area contributed by atoms with Crippen molar-refractivity contribution in [2.45, 2.75) is 44.7 Å². The van der Waals surface area contributed by atoms with E-state index in [0.717, 1.165) is 34.1 Å². The summed E-state index contributed by atoms with van der Waals surface area (Å²) in [6.45, 7) is 4.95. The monoisotopic (exact) mass is 593 g/mol. The summed E-state index contributed by atoms with van der Waals surface area (Å²) in [4.78, 5) is 27.8. The fourth-order valence-electron chi connectivity index (χ4n) is 3.81. The number of carbonyl (C=O) groups is 2. The first-order valence-corrected chi connectivity index (χ1v) is 14.5. The number of aryl methyl sites for hydroxylation is 1. The third-order valence-corrected chi connectivity index (χ3v) is 8.61. The molecule has 0 saturated heterocycles. The van der Waals surface area contributed by atoms with Gasteiger partial charge in [0.05, 0.1) is 10.6 Å². The van der Waals surface area contributed by atoms with Crippen LogP contribution in [0.3, 0.4) is 0 Å². The van der Waals surface area contributed by atoms with Crippen molar-refractivity contribution in [2.75, 3.05) is 17.4 Å². The van der Waals surface area contributed by atoms with Gasteiger partial charge in [-0.25, -0.2) is 12.8 Å². The SMILES string of the molecule is CCCNC(=O)[C@@H](C)N(Cc1c(Cl)cccc1Cl)C(=O)CN(c1ccc(C)cc1)S(=O)(=O)c1ccc(F)cc1. The number of hydrogen-bond donors (Lipinski definition) is 1. The Bertz CT molecular complexity index is 1400. The van der Waals surface area contributed by atoms with Crippen LogP contribution < -0.4 is 9.62 Å². The molecule has 0 aliphatic carbocycles. The minimum Gasteiger partial charge on any atom is -0.354 e. The van der Waals surface area contributed by atoms with Gasteiger partial charge in [0.15, 0.2) is 0 Å². The Morgan fingerprint density at radius 2 is 1.56 bits per heavy atom. The lowest BCUT2D eigenvalue weighted by Crippen LogP contribution is -2.51. The van der Waals surface area contributed by atoms with Crippen LogP contribution in [0.2, 0.25) is 10.0 Å². The van der Waals surface area contributed by atoms with Gasteiger partial charge in [-0.1, -0.05) is 53.9 Å². The largest absolute Gasteiger partial charge is 0.354 e. The summed E-state index contributed by atoms with van der Waals surface area (Å²) < 4.78 is 41.9. The van der Waals surface area contributed by atoms with E-state index in [1.807, 2.05) is 13.8 Å². The molecule has 208 valence electrons. The molecule has 3 aromatic rings. The van der Waals surface area contributed by atoms with Gasteiger partial charge in [0.2, 0.25) is 11.8 Å². The molecule has 0 aliphatic heterocycles. The molecule has 1 N–H and O–H groups in total. The number of anilines is 1. The van der Waals surface area contributed by atoms with Crippen molar-refractivity contribution in [1.82, 2.24) is 10.2 Å². The second kappa shape index (κ2) is 13.3. The van der Waals surface area contributed by atoms with Crippen molar-refractivity contribution >= 4 is 50.7 Å². The number of sulfonamides is 1. The summed E-state index contributed by atoms with van der Waals surface area (Å²) in [7, 11) is -4.30. The zero-order valence-electron chi connectivity index (χ0n) is 21.8. The molecule has 7 nitrogen and oxygen atoms in total. The standard InChI is InChI=1S/C28H30Cl2FN3O4S/c1-4-16-32-28(36)20(3)33(17-24-25(29)6-5-7-26(24)30)27(35)18-34(22-12-8-19(2)9-13-22)39(37,38)23-14-10-21(31)11-15-23/h5-15,20H,4,16-18H2,1-3H3,(H,32,36)/t20-/m1/s1. The van der Waals surface area contributed by atoms with Crippen LogP contribution in [-0.4, -0.2) is 44.3 Å². The molecule has 0 fully saturated rings. The third-order valence-electron chi connectivity index (χ3n) is 6.11. The number of carbonyl (C=O) groups excluding carboxylic acids is 2. The normalized spacial score (nSPS) is 12.1. The van der Waals surface area contributed by atoms with Crippen LogP contribution in [0.1, 0.15) is 31.4 Å². The summed E-state index contributed by atoms with van der Waals surface area (Å²) in [5.74, 6) is -1.66. The van der Waals surface area contributed by atoms with Gasteiger partial charge in [-0.2, -0.15) is 0 Å². The van der Waals surface area contributed by atoms with Gasteiger partial charge in [0, 0.05) is 28.7 Å². The molecule has 0 radical (unpaired) electrons. The van der Waals surface area contributed by atoms with Crippen molar-refractivity contribution < 1.29 is 22.4 Å². The molecule has 3 rings (SSSR count). The summed E-state index contributed by atoms with van der Waals surface area (Å²) >= 11 is 12.7. The summed E-state index contributed by atoms with van der Waals surface area (Å²) in [5, 5.41) is 3.37. The number of nitrogens with zero attached hydrogens (tertiary/aromatic N) is 2. The molecule has 0 spiro atoms. The Kier molecular flexibility index (Phi) is 10.4. The smallest absolute Gasteiger partial charge is 0.264 e. The average molecular weight is 595 g/mol. The molecule has 0 saturated carbocycles. The van der Waals surface area contributed by atoms with Crippen LogP contribution in [0.5, 0.6) is 0 Å². The predicted molar refractivity (Wildman–Crippen MR) is 152 cm³/mol. The van der Waals surface area contributed by atoms with Gasteiger partial charge in [-0.15, -0.1) is 0 Å². The fraction of sp³-hybridized carbons (Fsp3) is 0.286. The van der Waals surface area contributed by atoms with Gasteiger partial charge >= 0.3 is 0 Å². The van der Waals surface area contributed by atoms with E-state index in [-0.39, 0.29) is 17.1 Å². The Hall–Kier alpha value is -3.14. The van der Waals surface area contributed by atoms with E-state index in [4.69, 9.17) is 23.2 Å². The highest BCUT2D eigenvalue weighted by atomic mass is 35.5. The minimum absolute atomic E-state index is 0.129. The van der Waals surface area contributed by atoms with Crippen LogP contribution in [-0.2, 0) is 26.2 Å². The minimum atomic E-state index is -4.30. The van der Waals surface area contributed by atoms with E-state index < -0.39 is 40.2 Å². The molecule has 0 unspecified atom stereocenters. The van der Waals surface area contributed by atoms with Gasteiger partial charge in [-0.05, 0) is 68.8 Å². The summed E-state index contributed by atoms with van der Waals surface area (Å²) in [5.41, 5.74) is 1.55. The maximum Gasteiger partial charge on any atom is 0.264 e. The molecule has 2 amide bonds. The summed E-state index contributed by atoms with van der Waals surface area (Å²) in [6, 6.07) is 14.9. The lowest BCUT2D eigenvalue weighted by molar-refractivity contribution is -0.139. The highest BCUT2D eigenvalue weighted by Gasteiger charge is 2.33. The predicted octanol–water partition coefficient (Wildman–Crippen LogP) is 5.58. The molecular weight excluding hydrogens is 564 g/mol. The molecule has 11 heteroatoms. The number of nitrogens with one attached hydrogen (secondary N) is 1. The Morgan fingerprint density at radius 3 is 2.13 bits per heavy atom. The highest BCUT2D eigenvalue weighted by molar-refractivity contribution is 7.92. The van der Waals surface area contributed by atoms with Crippen molar-refractivity contribution in [3.63, 3.8) is 0 Å². The first-order chi connectivity index (χ1) is 18.4. The van der Waals surface area contributed by atoms with Gasteiger partial charge in [-0.3, -0.25) is 13.9 Å². The van der Waals surface area contributed by atoms with Gasteiger partial charge in [0.1, 0.15) is 18.4 Å². The van der Waals surface area contributed by atoms with Crippen molar-refractivity contribution in [3.05, 3.63) is 93.7 Å². The maximum absolute atomic E-state index is 13.9. The second-order valence-electron chi connectivity index (χ2n) is 8.99. The van der Waals surface area contributed by atoms with Crippen LogP contribution >= 0.6 is 23.2 Å². The topological polar surface area (TPSA) is 86.8 Å². The van der Waals surface area contributed by atoms with Crippen molar-refractivity contribution in [3.8, 4) is 0 Å². The molecule has 3 aromatic carbocycles. The Labute approximate surface area is 238 Å². The van der Waals surface area contributed by atoms with E-state index in [1.165, 1.54) is 4.90 Å². The van der Waals surface area contributed by atoms with Gasteiger partial charge in [0.25, 0.3) is 10.0 Å². The number of amides is 2. The number of hydrogen-bond acceptors (Lipinski definition) is 4. The Balaban J connectivity index is 2.05. The number of rotatable bonds is 11. The van der Waals surface area contributed by atoms with Crippen LogP contribution in [0.4, 0.5) is 10.1 Å². The fourth-order valence-corrected chi connectivity index (χ4v) is 5.74. The van der Waals surface area contributed by atoms with E-state index in [1.54, 1.807) is 49.4 Å². The van der Waals surface area contributed by atoms with Crippen molar-refractivity contribution in [2.24, 2.45) is 0 Å². The van der Waals surface area contributed by atoms with Crippen LogP contribution in [0.15, 0.2) is 71.6 Å². The molecule has 1 atom stereocenters. The number of benzene rings is 3. The third kappa shape index (κ3) is 7.50. The highest BCUT2D eigenvalue weighted by Crippen LogP contribution is 2.28.